The molecule has 112 valence electrons. The van der Waals surface area contributed by atoms with E-state index in [2.05, 4.69) is 12.2 Å². The van der Waals surface area contributed by atoms with Crippen LogP contribution in [0.4, 0.5) is 0 Å². The predicted octanol–water partition coefficient (Wildman–Crippen LogP) is 2.37. The second-order valence-corrected chi connectivity index (χ2v) is 5.52. The summed E-state index contributed by atoms with van der Waals surface area (Å²) in [5.41, 5.74) is 0. The van der Waals surface area contributed by atoms with Crippen LogP contribution in [0.5, 0.6) is 0 Å². The largest absolute Gasteiger partial charge is 0.464 e. The second kappa shape index (κ2) is 10.2. The van der Waals surface area contributed by atoms with Crippen LogP contribution < -0.4 is 5.32 Å². The van der Waals surface area contributed by atoms with Crippen LogP contribution in [0.25, 0.3) is 0 Å². The number of carbonyl (C=O) groups excluding carboxylic acids is 1. The minimum Gasteiger partial charge on any atom is -0.464 e. The van der Waals surface area contributed by atoms with Gasteiger partial charge in [0.15, 0.2) is 0 Å². The van der Waals surface area contributed by atoms with E-state index in [9.17, 15) is 4.79 Å². The van der Waals surface area contributed by atoms with E-state index in [-0.39, 0.29) is 12.6 Å². The maximum Gasteiger partial charge on any atom is 0.332 e. The molecule has 1 aliphatic carbocycles. The smallest absolute Gasteiger partial charge is 0.332 e. The standard InChI is InChI=1S/C15H29NO3/c1-3-19-15(17)12-18-11-10-16-9-8-14-6-4-13(2)5-7-14/h13-14,16H,3-12H2,1-2H3. The summed E-state index contributed by atoms with van der Waals surface area (Å²) in [6.45, 7) is 7.07. The average molecular weight is 271 g/mol. The Hall–Kier alpha value is -0.610. The molecule has 1 N–H and O–H groups in total. The molecule has 0 amide bonds. The molecule has 1 saturated carbocycles. The van der Waals surface area contributed by atoms with Crippen LogP contribution in [0.15, 0.2) is 0 Å². The zero-order valence-corrected chi connectivity index (χ0v) is 12.5. The first-order valence-electron chi connectivity index (χ1n) is 7.66. The van der Waals surface area contributed by atoms with Crippen molar-refractivity contribution >= 4 is 5.97 Å². The lowest BCUT2D eigenvalue weighted by Gasteiger charge is -2.26. The Morgan fingerprint density at radius 3 is 2.63 bits per heavy atom. The molecule has 0 bridgehead atoms. The Kier molecular flexibility index (Phi) is 8.84. The van der Waals surface area contributed by atoms with Gasteiger partial charge in [-0.25, -0.2) is 4.79 Å². The van der Waals surface area contributed by atoms with Gasteiger partial charge in [-0.15, -0.1) is 0 Å². The van der Waals surface area contributed by atoms with Crippen LogP contribution in [-0.2, 0) is 14.3 Å². The summed E-state index contributed by atoms with van der Waals surface area (Å²) in [5, 5.41) is 3.37. The van der Waals surface area contributed by atoms with E-state index in [1.165, 1.54) is 32.1 Å². The maximum atomic E-state index is 11.0. The van der Waals surface area contributed by atoms with Crippen molar-refractivity contribution in [3.8, 4) is 0 Å². The quantitative estimate of drug-likeness (QED) is 0.516. The Morgan fingerprint density at radius 2 is 1.95 bits per heavy atom. The van der Waals surface area contributed by atoms with Crippen LogP contribution in [0.2, 0.25) is 0 Å². The van der Waals surface area contributed by atoms with Gasteiger partial charge >= 0.3 is 5.97 Å². The number of rotatable bonds is 9. The zero-order chi connectivity index (χ0) is 13.9. The van der Waals surface area contributed by atoms with Gasteiger partial charge in [0.05, 0.1) is 13.2 Å². The molecule has 0 spiro atoms. The van der Waals surface area contributed by atoms with Gasteiger partial charge in [0.1, 0.15) is 6.61 Å². The molecule has 0 aromatic heterocycles. The molecule has 0 heterocycles. The van der Waals surface area contributed by atoms with Gasteiger partial charge in [-0.05, 0) is 31.7 Å². The average Bonchev–Trinajstić information content (AvgIpc) is 2.40. The first-order valence-corrected chi connectivity index (χ1v) is 7.66. The van der Waals surface area contributed by atoms with Gasteiger partial charge in [0.25, 0.3) is 0 Å². The monoisotopic (exact) mass is 271 g/mol. The summed E-state index contributed by atoms with van der Waals surface area (Å²) in [5.74, 6) is 1.56. The van der Waals surface area contributed by atoms with E-state index in [1.807, 2.05) is 0 Å². The topological polar surface area (TPSA) is 47.6 Å². The number of hydrogen-bond donors (Lipinski definition) is 1. The summed E-state index contributed by atoms with van der Waals surface area (Å²) in [6, 6.07) is 0. The first-order chi connectivity index (χ1) is 9.22. The minimum atomic E-state index is -0.279. The molecule has 19 heavy (non-hydrogen) atoms. The van der Waals surface area contributed by atoms with Crippen molar-refractivity contribution in [1.29, 1.82) is 0 Å². The molecule has 1 rings (SSSR count). The van der Waals surface area contributed by atoms with Gasteiger partial charge in [-0.3, -0.25) is 0 Å². The normalized spacial score (nSPS) is 23.3. The first kappa shape index (κ1) is 16.4. The van der Waals surface area contributed by atoms with Crippen LogP contribution in [-0.4, -0.2) is 38.9 Å². The molecular weight excluding hydrogens is 242 g/mol. The van der Waals surface area contributed by atoms with E-state index >= 15 is 0 Å². The molecule has 0 radical (unpaired) electrons. The van der Waals surface area contributed by atoms with Crippen LogP contribution in [0.1, 0.15) is 46.0 Å². The Labute approximate surface area is 117 Å². The number of ether oxygens (including phenoxy) is 2. The van der Waals surface area contributed by atoms with Gasteiger partial charge in [-0.1, -0.05) is 32.6 Å². The summed E-state index contributed by atoms with van der Waals surface area (Å²) < 4.78 is 9.99. The Balaban J connectivity index is 1.85. The highest BCUT2D eigenvalue weighted by Gasteiger charge is 2.17. The molecule has 1 fully saturated rings. The highest BCUT2D eigenvalue weighted by Crippen LogP contribution is 2.29. The van der Waals surface area contributed by atoms with E-state index < -0.39 is 0 Å². The molecule has 0 aromatic rings. The van der Waals surface area contributed by atoms with E-state index in [1.54, 1.807) is 6.92 Å². The van der Waals surface area contributed by atoms with Crippen molar-refractivity contribution in [2.24, 2.45) is 11.8 Å². The predicted molar refractivity (Wildman–Crippen MR) is 76.1 cm³/mol. The van der Waals surface area contributed by atoms with Crippen molar-refractivity contribution in [2.75, 3.05) is 32.9 Å². The fraction of sp³-hybridized carbons (Fsp3) is 0.933. The van der Waals surface area contributed by atoms with Gasteiger partial charge in [-0.2, -0.15) is 0 Å². The molecule has 0 aliphatic heterocycles. The molecule has 4 heteroatoms. The highest BCUT2D eigenvalue weighted by atomic mass is 16.6. The number of carbonyl (C=O) groups is 1. The van der Waals surface area contributed by atoms with Gasteiger partial charge in [0.2, 0.25) is 0 Å². The van der Waals surface area contributed by atoms with Crippen molar-refractivity contribution in [1.82, 2.24) is 5.32 Å². The van der Waals surface area contributed by atoms with Crippen LogP contribution >= 0.6 is 0 Å². The third-order valence-corrected chi connectivity index (χ3v) is 3.81. The second-order valence-electron chi connectivity index (χ2n) is 5.52. The zero-order valence-electron chi connectivity index (χ0n) is 12.5. The van der Waals surface area contributed by atoms with Crippen molar-refractivity contribution in [2.45, 2.75) is 46.0 Å². The lowest BCUT2D eigenvalue weighted by molar-refractivity contribution is -0.148. The van der Waals surface area contributed by atoms with Gasteiger partial charge in [0, 0.05) is 6.54 Å². The summed E-state index contributed by atoms with van der Waals surface area (Å²) in [4.78, 5) is 11.0. The SMILES string of the molecule is CCOC(=O)COCCNCCC1CCC(C)CC1. The number of nitrogens with one attached hydrogen (secondary N) is 1. The minimum absolute atomic E-state index is 0.0655. The Morgan fingerprint density at radius 1 is 1.21 bits per heavy atom. The van der Waals surface area contributed by atoms with Gasteiger partial charge < -0.3 is 14.8 Å². The third kappa shape index (κ3) is 8.22. The van der Waals surface area contributed by atoms with Crippen molar-refractivity contribution in [3.05, 3.63) is 0 Å². The van der Waals surface area contributed by atoms with E-state index in [4.69, 9.17) is 9.47 Å². The fourth-order valence-electron chi connectivity index (χ4n) is 2.55. The number of hydrogen-bond acceptors (Lipinski definition) is 4. The molecule has 4 nitrogen and oxygen atoms in total. The lowest BCUT2D eigenvalue weighted by Crippen LogP contribution is -2.25. The highest BCUT2D eigenvalue weighted by molar-refractivity contribution is 5.70. The summed E-state index contributed by atoms with van der Waals surface area (Å²) >= 11 is 0. The van der Waals surface area contributed by atoms with Crippen LogP contribution in [0, 0.1) is 11.8 Å². The lowest BCUT2D eigenvalue weighted by atomic mass is 9.81. The van der Waals surface area contributed by atoms with E-state index in [0.29, 0.717) is 13.2 Å². The Bertz CT molecular complexity index is 238. The van der Waals surface area contributed by atoms with E-state index in [0.717, 1.165) is 24.9 Å². The molecule has 0 unspecified atom stereocenters. The fourth-order valence-corrected chi connectivity index (χ4v) is 2.55. The molecule has 0 saturated heterocycles. The molecular formula is C15H29NO3. The number of esters is 1. The molecule has 0 aromatic carbocycles. The third-order valence-electron chi connectivity index (χ3n) is 3.81. The van der Waals surface area contributed by atoms with Crippen LogP contribution in [0.3, 0.4) is 0 Å². The van der Waals surface area contributed by atoms with Crippen molar-refractivity contribution < 1.29 is 14.3 Å². The summed E-state index contributed by atoms with van der Waals surface area (Å²) in [6.07, 6.45) is 6.84. The molecule has 1 aliphatic rings. The maximum absolute atomic E-state index is 11.0. The molecule has 0 atom stereocenters. The van der Waals surface area contributed by atoms with Crippen molar-refractivity contribution in [3.63, 3.8) is 0 Å². The summed E-state index contributed by atoms with van der Waals surface area (Å²) in [7, 11) is 0.